The Morgan fingerprint density at radius 1 is 1.17 bits per heavy atom. The molecule has 0 aliphatic carbocycles. The number of aromatic nitrogens is 1. The Morgan fingerprint density at radius 3 is 2.33 bits per heavy atom. The molecular weight excluding hydrogens is 345 g/mol. The summed E-state index contributed by atoms with van der Waals surface area (Å²) in [6.45, 7) is 5.74. The maximum atomic E-state index is 12.8. The fourth-order valence-electron chi connectivity index (χ4n) is 1.88. The van der Waals surface area contributed by atoms with E-state index < -0.39 is 20.2 Å². The van der Waals surface area contributed by atoms with Crippen LogP contribution in [0.3, 0.4) is 0 Å². The number of sulfone groups is 1. The second-order valence-electron chi connectivity index (χ2n) is 6.17. The number of oxazole rings is 1. The molecule has 1 aromatic heterocycles. The first-order chi connectivity index (χ1) is 10.9. The van der Waals surface area contributed by atoms with E-state index in [0.717, 1.165) is 6.07 Å². The number of hydrogen-bond donors (Lipinski definition) is 1. The molecule has 0 aliphatic rings. The summed E-state index contributed by atoms with van der Waals surface area (Å²) in [6.07, 6.45) is 1.54. The van der Waals surface area contributed by atoms with E-state index in [4.69, 9.17) is 4.42 Å². The van der Waals surface area contributed by atoms with E-state index >= 15 is 0 Å². The predicted molar refractivity (Wildman–Crippen MR) is 82.2 cm³/mol. The Bertz CT molecular complexity index is 821. The molecule has 0 saturated heterocycles. The quantitative estimate of drug-likeness (QED) is 0.894. The molecule has 0 saturated carbocycles. The summed E-state index contributed by atoms with van der Waals surface area (Å²) >= 11 is 0. The third-order valence-electron chi connectivity index (χ3n) is 3.20. The molecule has 2 aromatic rings. The third kappa shape index (κ3) is 3.72. The molecule has 0 amide bonds. The number of halogens is 3. The van der Waals surface area contributed by atoms with Gasteiger partial charge in [0, 0.05) is 5.41 Å². The van der Waals surface area contributed by atoms with Gasteiger partial charge in [0.1, 0.15) is 5.76 Å². The van der Waals surface area contributed by atoms with Crippen molar-refractivity contribution in [1.29, 1.82) is 0 Å². The smallest absolute Gasteiger partial charge is 0.443 e. The second-order valence-corrected chi connectivity index (χ2v) is 8.08. The van der Waals surface area contributed by atoms with Crippen molar-refractivity contribution in [2.24, 2.45) is 0 Å². The van der Waals surface area contributed by atoms with E-state index in [2.05, 4.69) is 10.3 Å². The summed E-state index contributed by atoms with van der Waals surface area (Å²) in [5.74, 6) is 0.870. The van der Waals surface area contributed by atoms with E-state index in [1.807, 2.05) is 20.8 Å². The number of hydrogen-bond acceptors (Lipinski definition) is 5. The van der Waals surface area contributed by atoms with Gasteiger partial charge in [-0.1, -0.05) is 32.9 Å². The van der Waals surface area contributed by atoms with E-state index in [9.17, 15) is 21.6 Å². The topological polar surface area (TPSA) is 72.2 Å². The molecule has 0 aliphatic heterocycles. The molecule has 1 aromatic carbocycles. The van der Waals surface area contributed by atoms with Crippen LogP contribution in [-0.2, 0) is 21.8 Å². The van der Waals surface area contributed by atoms with Gasteiger partial charge in [-0.05, 0) is 12.1 Å². The summed E-state index contributed by atoms with van der Waals surface area (Å²) in [4.78, 5) is 3.20. The van der Waals surface area contributed by atoms with Crippen LogP contribution in [-0.4, -0.2) is 18.9 Å². The summed E-state index contributed by atoms with van der Waals surface area (Å²) in [5, 5.41) is 2.64. The largest absolute Gasteiger partial charge is 0.501 e. The van der Waals surface area contributed by atoms with Crippen LogP contribution < -0.4 is 5.32 Å². The number of anilines is 1. The van der Waals surface area contributed by atoms with Gasteiger partial charge in [0.15, 0.2) is 0 Å². The Labute approximate surface area is 137 Å². The van der Waals surface area contributed by atoms with Gasteiger partial charge in [0.2, 0.25) is 5.89 Å². The minimum Gasteiger partial charge on any atom is -0.443 e. The molecule has 9 heteroatoms. The van der Waals surface area contributed by atoms with Crippen molar-refractivity contribution in [3.63, 3.8) is 0 Å². The van der Waals surface area contributed by atoms with Crippen LogP contribution >= 0.6 is 0 Å². The molecule has 24 heavy (non-hydrogen) atoms. The summed E-state index contributed by atoms with van der Waals surface area (Å²) in [5.41, 5.74) is -5.79. The predicted octanol–water partition coefficient (Wildman–Crippen LogP) is 3.88. The highest BCUT2D eigenvalue weighted by atomic mass is 32.2. The highest BCUT2D eigenvalue weighted by Crippen LogP contribution is 2.34. The van der Waals surface area contributed by atoms with Gasteiger partial charge in [0.05, 0.1) is 23.3 Å². The molecule has 0 fully saturated rings. The maximum Gasteiger partial charge on any atom is 0.501 e. The van der Waals surface area contributed by atoms with Crippen LogP contribution in [0, 0.1) is 0 Å². The van der Waals surface area contributed by atoms with Gasteiger partial charge < -0.3 is 9.73 Å². The lowest BCUT2D eigenvalue weighted by atomic mass is 9.94. The summed E-state index contributed by atoms with van der Waals surface area (Å²) in [6, 6.07) is 4.83. The molecule has 0 bridgehead atoms. The summed E-state index contributed by atoms with van der Waals surface area (Å²) < 4.78 is 67.0. The third-order valence-corrected chi connectivity index (χ3v) is 4.75. The van der Waals surface area contributed by atoms with Gasteiger partial charge in [-0.25, -0.2) is 13.4 Å². The van der Waals surface area contributed by atoms with Crippen LogP contribution in [0.5, 0.6) is 0 Å². The van der Waals surface area contributed by atoms with Crippen molar-refractivity contribution < 1.29 is 26.0 Å². The number of rotatable bonds is 4. The minimum atomic E-state index is -5.44. The van der Waals surface area contributed by atoms with Gasteiger partial charge in [0.25, 0.3) is 9.84 Å². The lowest BCUT2D eigenvalue weighted by Crippen LogP contribution is -2.24. The number of benzene rings is 1. The van der Waals surface area contributed by atoms with Crippen molar-refractivity contribution in [1.82, 2.24) is 4.98 Å². The number of nitrogens with zero attached hydrogens (tertiary/aromatic N) is 1. The van der Waals surface area contributed by atoms with Crippen molar-refractivity contribution in [3.8, 4) is 0 Å². The normalized spacial score (nSPS) is 13.1. The molecule has 0 unspecified atom stereocenters. The van der Waals surface area contributed by atoms with E-state index in [1.54, 1.807) is 0 Å². The number of para-hydroxylation sites is 1. The van der Waals surface area contributed by atoms with Crippen LogP contribution in [0.25, 0.3) is 0 Å². The van der Waals surface area contributed by atoms with Crippen LogP contribution in [0.2, 0.25) is 0 Å². The molecule has 132 valence electrons. The first kappa shape index (κ1) is 18.3. The molecule has 5 nitrogen and oxygen atoms in total. The molecule has 0 atom stereocenters. The van der Waals surface area contributed by atoms with E-state index in [1.165, 1.54) is 24.4 Å². The maximum absolute atomic E-state index is 12.8. The van der Waals surface area contributed by atoms with Gasteiger partial charge >= 0.3 is 5.51 Å². The molecule has 1 N–H and O–H groups in total. The highest BCUT2D eigenvalue weighted by Gasteiger charge is 2.47. The molecule has 0 radical (unpaired) electrons. The monoisotopic (exact) mass is 362 g/mol. The number of nitrogens with one attached hydrogen (secondary N) is 1. The minimum absolute atomic E-state index is 0.0412. The van der Waals surface area contributed by atoms with Crippen LogP contribution in [0.15, 0.2) is 39.8 Å². The highest BCUT2D eigenvalue weighted by molar-refractivity contribution is 7.92. The molecule has 2 rings (SSSR count). The molecule has 0 spiro atoms. The Balaban J connectivity index is 2.25. The fourth-order valence-corrected chi connectivity index (χ4v) is 2.82. The van der Waals surface area contributed by atoms with E-state index in [0.29, 0.717) is 5.76 Å². The van der Waals surface area contributed by atoms with Gasteiger partial charge in [-0.3, -0.25) is 0 Å². The zero-order valence-corrected chi connectivity index (χ0v) is 14.1. The van der Waals surface area contributed by atoms with Gasteiger partial charge in [-0.2, -0.15) is 13.2 Å². The van der Waals surface area contributed by atoms with Crippen LogP contribution in [0.4, 0.5) is 18.9 Å². The zero-order chi connectivity index (χ0) is 18.2. The SMILES string of the molecule is CC(C)(C)c1cnc(CNc2ccccc2S(=O)(=O)C(F)(F)F)o1. The average molecular weight is 362 g/mol. The van der Waals surface area contributed by atoms with E-state index in [-0.39, 0.29) is 23.5 Å². The van der Waals surface area contributed by atoms with Crippen molar-refractivity contribution in [2.45, 2.75) is 43.1 Å². The van der Waals surface area contributed by atoms with Crippen LogP contribution in [0.1, 0.15) is 32.4 Å². The average Bonchev–Trinajstić information content (AvgIpc) is 2.93. The molecule has 1 heterocycles. The Morgan fingerprint density at radius 2 is 1.79 bits per heavy atom. The Hall–Kier alpha value is -2.03. The molecular formula is C15H17F3N2O3S. The fraction of sp³-hybridized carbons (Fsp3) is 0.400. The van der Waals surface area contributed by atoms with Gasteiger partial charge in [-0.15, -0.1) is 0 Å². The zero-order valence-electron chi connectivity index (χ0n) is 13.3. The lowest BCUT2D eigenvalue weighted by molar-refractivity contribution is -0.0435. The Kier molecular flexibility index (Phi) is 4.67. The lowest BCUT2D eigenvalue weighted by Gasteiger charge is -2.14. The first-order valence-corrected chi connectivity index (χ1v) is 8.50. The second kappa shape index (κ2) is 6.12. The summed E-state index contributed by atoms with van der Waals surface area (Å²) in [7, 11) is -5.44. The van der Waals surface area contributed by atoms with Crippen molar-refractivity contribution in [3.05, 3.63) is 42.1 Å². The number of alkyl halides is 3. The first-order valence-electron chi connectivity index (χ1n) is 7.02. The standard InChI is InChI=1S/C15H17F3N2O3S/c1-14(2,3)12-8-20-13(23-12)9-19-10-6-4-5-7-11(10)24(21,22)15(16,17)18/h4-8,19H,9H2,1-3H3. The van der Waals surface area contributed by atoms with Crippen molar-refractivity contribution in [2.75, 3.05) is 5.32 Å². The van der Waals surface area contributed by atoms with Crippen molar-refractivity contribution >= 4 is 15.5 Å².